The van der Waals surface area contributed by atoms with Crippen molar-refractivity contribution in [2.75, 3.05) is 36.9 Å². The van der Waals surface area contributed by atoms with Gasteiger partial charge in [0.05, 0.1) is 18.0 Å². The van der Waals surface area contributed by atoms with E-state index < -0.39 is 10.0 Å². The Hall–Kier alpha value is -2.82. The van der Waals surface area contributed by atoms with Gasteiger partial charge in [-0.25, -0.2) is 18.5 Å². The maximum Gasteiger partial charge on any atom is 0.241 e. The van der Waals surface area contributed by atoms with Crippen LogP contribution in [0.15, 0.2) is 41.3 Å². The summed E-state index contributed by atoms with van der Waals surface area (Å²) < 4.78 is 23.0. The third kappa shape index (κ3) is 5.17. The highest BCUT2D eigenvalue weighted by Crippen LogP contribution is 2.30. The Bertz CT molecular complexity index is 1050. The number of carbonyl (C=O) groups excluding carboxylic acids is 2. The van der Waals surface area contributed by atoms with E-state index in [9.17, 15) is 18.0 Å². The van der Waals surface area contributed by atoms with Crippen molar-refractivity contribution in [2.45, 2.75) is 18.2 Å². The van der Waals surface area contributed by atoms with E-state index in [-0.39, 0.29) is 29.8 Å². The minimum absolute atomic E-state index is 0.0316. The Balaban J connectivity index is 1.59. The van der Waals surface area contributed by atoms with Crippen molar-refractivity contribution in [1.29, 1.82) is 0 Å². The first-order valence-electron chi connectivity index (χ1n) is 9.01. The van der Waals surface area contributed by atoms with Crippen LogP contribution in [-0.2, 0) is 26.0 Å². The van der Waals surface area contributed by atoms with Crippen molar-refractivity contribution in [2.24, 2.45) is 5.14 Å². The number of benzene rings is 1. The first kappa shape index (κ1) is 20.9. The van der Waals surface area contributed by atoms with Gasteiger partial charge in [0.25, 0.3) is 0 Å². The number of carbonyl (C=O) groups is 2. The number of nitrogens with one attached hydrogen (secondary N) is 1. The first-order valence-corrected chi connectivity index (χ1v) is 10.6. The number of pyridine rings is 1. The van der Waals surface area contributed by atoms with Crippen LogP contribution in [0.2, 0.25) is 0 Å². The number of amides is 2. The second-order valence-corrected chi connectivity index (χ2v) is 8.58. The Kier molecular flexibility index (Phi) is 5.96. The van der Waals surface area contributed by atoms with Gasteiger partial charge in [0.2, 0.25) is 21.8 Å². The van der Waals surface area contributed by atoms with E-state index in [1.165, 1.54) is 12.1 Å². The second-order valence-electron chi connectivity index (χ2n) is 7.02. The van der Waals surface area contributed by atoms with Crippen molar-refractivity contribution >= 4 is 33.3 Å². The van der Waals surface area contributed by atoms with Gasteiger partial charge in [0, 0.05) is 17.9 Å². The van der Waals surface area contributed by atoms with Crippen LogP contribution in [0.4, 0.5) is 11.5 Å². The predicted octanol–water partition coefficient (Wildman–Crippen LogP) is 0.497. The van der Waals surface area contributed by atoms with Crippen molar-refractivity contribution in [3.8, 4) is 0 Å². The first-order chi connectivity index (χ1) is 13.6. The van der Waals surface area contributed by atoms with E-state index in [0.717, 1.165) is 11.3 Å². The molecule has 29 heavy (non-hydrogen) atoms. The summed E-state index contributed by atoms with van der Waals surface area (Å²) in [7, 11) is -2.10. The lowest BCUT2D eigenvalue weighted by atomic mass is 10.2. The van der Waals surface area contributed by atoms with Crippen LogP contribution in [0.1, 0.15) is 11.3 Å². The third-order valence-corrected chi connectivity index (χ3v) is 5.46. The van der Waals surface area contributed by atoms with Crippen molar-refractivity contribution in [1.82, 2.24) is 9.88 Å². The van der Waals surface area contributed by atoms with Gasteiger partial charge >= 0.3 is 0 Å². The zero-order valence-electron chi connectivity index (χ0n) is 16.3. The highest BCUT2D eigenvalue weighted by molar-refractivity contribution is 7.89. The zero-order valence-corrected chi connectivity index (χ0v) is 17.1. The fourth-order valence-corrected chi connectivity index (χ4v) is 3.79. The molecule has 2 heterocycles. The minimum atomic E-state index is -3.78. The SMILES string of the molecule is Cc1cccc(NC(=O)CN(C)CC(=O)N2CCc3cc(S(N)(=O)=O)ccc32)n1. The van der Waals surface area contributed by atoms with Crippen molar-refractivity contribution in [3.63, 3.8) is 0 Å². The smallest absolute Gasteiger partial charge is 0.241 e. The van der Waals surface area contributed by atoms with Gasteiger partial charge < -0.3 is 10.2 Å². The molecular formula is C19H23N5O4S. The molecule has 0 aliphatic carbocycles. The Morgan fingerprint density at radius 1 is 1.24 bits per heavy atom. The highest BCUT2D eigenvalue weighted by atomic mass is 32.2. The van der Waals surface area contributed by atoms with Gasteiger partial charge in [0.1, 0.15) is 5.82 Å². The molecule has 1 aromatic carbocycles. The molecule has 10 heteroatoms. The molecule has 1 aromatic heterocycles. The topological polar surface area (TPSA) is 126 Å². The largest absolute Gasteiger partial charge is 0.311 e. The molecule has 0 spiro atoms. The number of hydrogen-bond donors (Lipinski definition) is 2. The van der Waals surface area contributed by atoms with Gasteiger partial charge in [-0.3, -0.25) is 14.5 Å². The van der Waals surface area contributed by atoms with Crippen LogP contribution in [0.5, 0.6) is 0 Å². The summed E-state index contributed by atoms with van der Waals surface area (Å²) >= 11 is 0. The number of anilines is 2. The molecule has 1 aliphatic heterocycles. The van der Waals surface area contributed by atoms with Crippen LogP contribution in [-0.4, -0.2) is 56.8 Å². The third-order valence-electron chi connectivity index (χ3n) is 4.55. The maximum absolute atomic E-state index is 12.7. The van der Waals surface area contributed by atoms with Crippen LogP contribution < -0.4 is 15.4 Å². The van der Waals surface area contributed by atoms with E-state index in [1.54, 1.807) is 35.0 Å². The van der Waals surface area contributed by atoms with E-state index in [4.69, 9.17) is 5.14 Å². The van der Waals surface area contributed by atoms with Gasteiger partial charge in [-0.15, -0.1) is 0 Å². The number of nitrogens with two attached hydrogens (primary N) is 1. The van der Waals surface area contributed by atoms with Gasteiger partial charge in [-0.1, -0.05) is 6.07 Å². The lowest BCUT2D eigenvalue weighted by Crippen LogP contribution is -2.41. The van der Waals surface area contributed by atoms with Gasteiger partial charge in [-0.05, 0) is 56.3 Å². The van der Waals surface area contributed by atoms with Crippen LogP contribution in [0, 0.1) is 6.92 Å². The van der Waals surface area contributed by atoms with E-state index >= 15 is 0 Å². The summed E-state index contributed by atoms with van der Waals surface area (Å²) in [5.74, 6) is 0.0305. The van der Waals surface area contributed by atoms with E-state index in [1.807, 2.05) is 13.0 Å². The summed E-state index contributed by atoms with van der Waals surface area (Å²) in [5, 5.41) is 7.87. The lowest BCUT2D eigenvalue weighted by molar-refractivity contribution is -0.120. The number of sulfonamides is 1. The molecule has 2 aromatic rings. The number of likely N-dealkylation sites (N-methyl/N-ethyl adjacent to an activating group) is 1. The number of aromatic nitrogens is 1. The molecular weight excluding hydrogens is 394 g/mol. The number of aryl methyl sites for hydroxylation is 1. The van der Waals surface area contributed by atoms with Crippen LogP contribution in [0.25, 0.3) is 0 Å². The van der Waals surface area contributed by atoms with Gasteiger partial charge in [-0.2, -0.15) is 0 Å². The molecule has 2 amide bonds. The van der Waals surface area contributed by atoms with Crippen molar-refractivity contribution < 1.29 is 18.0 Å². The average Bonchev–Trinajstić information content (AvgIpc) is 3.04. The molecule has 0 atom stereocenters. The monoisotopic (exact) mass is 417 g/mol. The molecule has 3 rings (SSSR count). The van der Waals surface area contributed by atoms with Crippen LogP contribution in [0.3, 0.4) is 0 Å². The fraction of sp³-hybridized carbons (Fsp3) is 0.316. The molecule has 0 bridgehead atoms. The summed E-state index contributed by atoms with van der Waals surface area (Å²) in [6.45, 7) is 2.37. The summed E-state index contributed by atoms with van der Waals surface area (Å²) in [5.41, 5.74) is 2.23. The number of hydrogen-bond acceptors (Lipinski definition) is 6. The van der Waals surface area contributed by atoms with Crippen LogP contribution >= 0.6 is 0 Å². The normalized spacial score (nSPS) is 13.4. The molecule has 154 valence electrons. The summed E-state index contributed by atoms with van der Waals surface area (Å²) in [6.07, 6.45) is 0.549. The highest BCUT2D eigenvalue weighted by Gasteiger charge is 2.26. The molecule has 0 saturated carbocycles. The summed E-state index contributed by atoms with van der Waals surface area (Å²) in [4.78, 5) is 32.3. The number of nitrogens with zero attached hydrogens (tertiary/aromatic N) is 3. The Morgan fingerprint density at radius 2 is 2.00 bits per heavy atom. The van der Waals surface area contributed by atoms with Gasteiger partial charge in [0.15, 0.2) is 0 Å². The molecule has 0 saturated heterocycles. The number of rotatable bonds is 6. The molecule has 1 aliphatic rings. The zero-order chi connectivity index (χ0) is 21.2. The second kappa shape index (κ2) is 8.27. The molecule has 0 fully saturated rings. The van der Waals surface area contributed by atoms with E-state index in [0.29, 0.717) is 24.5 Å². The minimum Gasteiger partial charge on any atom is -0.311 e. The molecule has 0 unspecified atom stereocenters. The average molecular weight is 417 g/mol. The maximum atomic E-state index is 12.7. The Labute approximate surface area is 169 Å². The lowest BCUT2D eigenvalue weighted by Gasteiger charge is -2.22. The fourth-order valence-electron chi connectivity index (χ4n) is 3.23. The number of primary sulfonamides is 1. The van der Waals surface area contributed by atoms with E-state index in [2.05, 4.69) is 10.3 Å². The Morgan fingerprint density at radius 3 is 2.69 bits per heavy atom. The molecule has 0 radical (unpaired) electrons. The van der Waals surface area contributed by atoms with Crippen molar-refractivity contribution in [3.05, 3.63) is 47.7 Å². The number of fused-ring (bicyclic) bond motifs is 1. The quantitative estimate of drug-likeness (QED) is 0.705. The molecule has 9 nitrogen and oxygen atoms in total. The standard InChI is InChI=1S/C19H23N5O4S/c1-13-4-3-5-17(21-13)22-18(25)11-23(2)12-19(26)24-9-8-14-10-15(29(20,27)28)6-7-16(14)24/h3-7,10H,8-9,11-12H2,1-2H3,(H2,20,27,28)(H,21,22,25). The molecule has 3 N–H and O–H groups in total. The summed E-state index contributed by atoms with van der Waals surface area (Å²) in [6, 6.07) is 9.83. The predicted molar refractivity (Wildman–Crippen MR) is 109 cm³/mol.